The summed E-state index contributed by atoms with van der Waals surface area (Å²) in [5.41, 5.74) is 13.5. The number of hydrogen-bond donors (Lipinski definition) is 6. The van der Waals surface area contributed by atoms with Gasteiger partial charge in [-0.1, -0.05) is 98.8 Å². The fourth-order valence-corrected chi connectivity index (χ4v) is 6.15. The third-order valence-corrected chi connectivity index (χ3v) is 8.62. The first kappa shape index (κ1) is 34.3. The number of nitrogens with zero attached hydrogens (tertiary/aromatic N) is 1. The second-order valence-electron chi connectivity index (χ2n) is 12.8. The Morgan fingerprint density at radius 3 is 1.94 bits per heavy atom. The summed E-state index contributed by atoms with van der Waals surface area (Å²) in [5.74, 6) is -1.77. The number of imidazole rings is 1. The standard InChI is InChI=1S/C38H44N6O4/c1-24(2)17-33(39)35(45)21-36(46)43-44-38(48)34(20-30-22-40-23-41-30)42-37(47)29(18-27-13-7-11-25-9-3-5-15-31(25)27)19-28-14-8-12-26-10-4-6-16-32(26)28/h3-16,22-24,29,33-35,45H,17-21,39H2,1-2H3,(H,40,41)(H,42,47)(H,43,46)(H,44,48)/t33-,34-,35-/m0/s1. The number of nitrogens with one attached hydrogen (secondary N) is 4. The molecule has 0 saturated heterocycles. The molecule has 10 heteroatoms. The summed E-state index contributed by atoms with van der Waals surface area (Å²) < 4.78 is 0. The summed E-state index contributed by atoms with van der Waals surface area (Å²) in [7, 11) is 0. The highest BCUT2D eigenvalue weighted by Crippen LogP contribution is 2.26. The van der Waals surface area contributed by atoms with E-state index in [1.165, 1.54) is 6.33 Å². The van der Waals surface area contributed by atoms with E-state index in [4.69, 9.17) is 5.73 Å². The number of aliphatic hydroxyl groups is 1. The molecule has 0 spiro atoms. The van der Waals surface area contributed by atoms with Crippen LogP contribution in [0, 0.1) is 11.8 Å². The summed E-state index contributed by atoms with van der Waals surface area (Å²) in [6, 6.07) is 26.7. The minimum absolute atomic E-state index is 0.0914. The van der Waals surface area contributed by atoms with E-state index in [0.717, 1.165) is 32.7 Å². The van der Waals surface area contributed by atoms with Gasteiger partial charge < -0.3 is 21.1 Å². The SMILES string of the molecule is CC(C)C[C@H](N)[C@@H](O)CC(=O)NNC(=O)[C@H](Cc1c[nH]cn1)NC(=O)C(Cc1cccc2ccccc12)Cc1cccc2ccccc12. The molecule has 0 bridgehead atoms. The second kappa shape index (κ2) is 16.2. The van der Waals surface area contributed by atoms with Gasteiger partial charge in [-0.05, 0) is 57.9 Å². The number of carbonyl (C=O) groups is 3. The fourth-order valence-electron chi connectivity index (χ4n) is 6.15. The van der Waals surface area contributed by atoms with Gasteiger partial charge in [0, 0.05) is 24.6 Å². The number of nitrogens with two attached hydrogens (primary N) is 1. The molecule has 3 atom stereocenters. The first-order valence-corrected chi connectivity index (χ1v) is 16.4. The third kappa shape index (κ3) is 9.05. The number of amides is 3. The highest BCUT2D eigenvalue weighted by Gasteiger charge is 2.28. The van der Waals surface area contributed by atoms with Crippen molar-refractivity contribution in [2.24, 2.45) is 17.6 Å². The lowest BCUT2D eigenvalue weighted by atomic mass is 9.87. The lowest BCUT2D eigenvalue weighted by Gasteiger charge is -2.24. The molecule has 10 nitrogen and oxygen atoms in total. The van der Waals surface area contributed by atoms with Crippen LogP contribution in [0.1, 0.15) is 43.5 Å². The lowest BCUT2D eigenvalue weighted by Crippen LogP contribution is -2.55. The smallest absolute Gasteiger partial charge is 0.261 e. The maximum absolute atomic E-state index is 14.3. The number of hydrazine groups is 1. The van der Waals surface area contributed by atoms with Gasteiger partial charge in [0.1, 0.15) is 6.04 Å². The van der Waals surface area contributed by atoms with Gasteiger partial charge >= 0.3 is 0 Å². The molecule has 3 amide bonds. The molecule has 250 valence electrons. The summed E-state index contributed by atoms with van der Waals surface area (Å²) in [5, 5.41) is 17.6. The van der Waals surface area contributed by atoms with Crippen LogP contribution in [0.25, 0.3) is 21.5 Å². The number of carbonyl (C=O) groups excluding carboxylic acids is 3. The maximum atomic E-state index is 14.3. The second-order valence-corrected chi connectivity index (χ2v) is 12.8. The molecule has 0 aliphatic heterocycles. The number of aromatic nitrogens is 2. The van der Waals surface area contributed by atoms with Crippen molar-refractivity contribution in [3.63, 3.8) is 0 Å². The Morgan fingerprint density at radius 1 is 0.792 bits per heavy atom. The molecule has 0 radical (unpaired) electrons. The van der Waals surface area contributed by atoms with Crippen LogP contribution in [-0.2, 0) is 33.6 Å². The molecule has 4 aromatic carbocycles. The molecule has 5 rings (SSSR count). The van der Waals surface area contributed by atoms with Gasteiger partial charge in [0.2, 0.25) is 11.8 Å². The zero-order valence-electron chi connectivity index (χ0n) is 27.4. The monoisotopic (exact) mass is 648 g/mol. The highest BCUT2D eigenvalue weighted by molar-refractivity contribution is 5.92. The predicted octanol–water partition coefficient (Wildman–Crippen LogP) is 4.12. The molecule has 7 N–H and O–H groups in total. The van der Waals surface area contributed by atoms with Gasteiger partial charge in [0.15, 0.2) is 0 Å². The largest absolute Gasteiger partial charge is 0.391 e. The molecule has 48 heavy (non-hydrogen) atoms. The topological polar surface area (TPSA) is 162 Å². The Kier molecular flexibility index (Phi) is 11.5. The number of aromatic amines is 1. The quantitative estimate of drug-likeness (QED) is 0.0993. The van der Waals surface area contributed by atoms with Crippen LogP contribution in [0.3, 0.4) is 0 Å². The van der Waals surface area contributed by atoms with Crippen molar-refractivity contribution in [1.82, 2.24) is 26.1 Å². The molecule has 1 aromatic heterocycles. The number of benzene rings is 4. The van der Waals surface area contributed by atoms with Gasteiger partial charge in [-0.25, -0.2) is 4.98 Å². The van der Waals surface area contributed by atoms with Gasteiger partial charge in [0.25, 0.3) is 5.91 Å². The Morgan fingerprint density at radius 2 is 1.38 bits per heavy atom. The molecule has 0 unspecified atom stereocenters. The number of H-pyrrole nitrogens is 1. The molecule has 5 aromatic rings. The molecular formula is C38H44N6O4. The van der Waals surface area contributed by atoms with Crippen LogP contribution in [0.2, 0.25) is 0 Å². The Bertz CT molecular complexity index is 1750. The Hall–Kier alpha value is -5.06. The van der Waals surface area contributed by atoms with E-state index in [9.17, 15) is 19.5 Å². The normalized spacial score (nSPS) is 13.4. The van der Waals surface area contributed by atoms with Crippen LogP contribution in [0.15, 0.2) is 97.5 Å². The van der Waals surface area contributed by atoms with Gasteiger partial charge in [-0.2, -0.15) is 0 Å². The van der Waals surface area contributed by atoms with E-state index in [1.807, 2.05) is 86.6 Å². The molecule has 1 heterocycles. The first-order chi connectivity index (χ1) is 23.2. The van der Waals surface area contributed by atoms with Gasteiger partial charge in [-0.15, -0.1) is 0 Å². The van der Waals surface area contributed by atoms with Crippen LogP contribution in [-0.4, -0.2) is 51.0 Å². The van der Waals surface area contributed by atoms with Crippen LogP contribution < -0.4 is 21.9 Å². The van der Waals surface area contributed by atoms with Crippen molar-refractivity contribution in [2.75, 3.05) is 0 Å². The van der Waals surface area contributed by atoms with Crippen molar-refractivity contribution in [3.05, 3.63) is 114 Å². The zero-order valence-corrected chi connectivity index (χ0v) is 27.4. The molecule has 0 saturated carbocycles. The molecular weight excluding hydrogens is 604 g/mol. The number of aliphatic hydroxyl groups excluding tert-OH is 1. The summed E-state index contributed by atoms with van der Waals surface area (Å²) in [4.78, 5) is 47.5. The third-order valence-electron chi connectivity index (χ3n) is 8.62. The van der Waals surface area contributed by atoms with Crippen molar-refractivity contribution in [3.8, 4) is 0 Å². The van der Waals surface area contributed by atoms with E-state index in [1.54, 1.807) is 6.20 Å². The maximum Gasteiger partial charge on any atom is 0.261 e. The average Bonchev–Trinajstić information content (AvgIpc) is 3.59. The summed E-state index contributed by atoms with van der Waals surface area (Å²) >= 11 is 0. The van der Waals surface area contributed by atoms with Gasteiger partial charge in [-0.3, -0.25) is 25.2 Å². The minimum atomic E-state index is -1.06. The van der Waals surface area contributed by atoms with Crippen LogP contribution in [0.4, 0.5) is 0 Å². The average molecular weight is 649 g/mol. The number of fused-ring (bicyclic) bond motifs is 2. The van der Waals surface area contributed by atoms with Crippen molar-refractivity contribution >= 4 is 39.3 Å². The van der Waals surface area contributed by atoms with E-state index in [0.29, 0.717) is 25.0 Å². The predicted molar refractivity (Wildman–Crippen MR) is 187 cm³/mol. The van der Waals surface area contributed by atoms with E-state index in [-0.39, 0.29) is 24.7 Å². The fraction of sp³-hybridized carbons (Fsp3) is 0.316. The Labute approximate surface area is 280 Å². The van der Waals surface area contributed by atoms with Gasteiger partial charge in [0.05, 0.1) is 24.5 Å². The highest BCUT2D eigenvalue weighted by atomic mass is 16.3. The first-order valence-electron chi connectivity index (χ1n) is 16.4. The number of hydrogen-bond acceptors (Lipinski definition) is 6. The van der Waals surface area contributed by atoms with E-state index in [2.05, 4.69) is 38.3 Å². The Balaban J connectivity index is 1.36. The zero-order chi connectivity index (χ0) is 34.0. The van der Waals surface area contributed by atoms with Crippen LogP contribution in [0.5, 0.6) is 0 Å². The summed E-state index contributed by atoms with van der Waals surface area (Å²) in [6.45, 7) is 3.96. The lowest BCUT2D eigenvalue weighted by molar-refractivity contribution is -0.133. The van der Waals surface area contributed by atoms with Crippen molar-refractivity contribution in [2.45, 2.75) is 64.1 Å². The molecule has 0 aliphatic carbocycles. The summed E-state index contributed by atoms with van der Waals surface area (Å²) in [6.07, 6.45) is 3.35. The number of rotatable bonds is 14. The van der Waals surface area contributed by atoms with E-state index >= 15 is 0 Å². The molecule has 0 aliphatic rings. The van der Waals surface area contributed by atoms with Crippen molar-refractivity contribution < 1.29 is 19.5 Å². The van der Waals surface area contributed by atoms with Crippen molar-refractivity contribution in [1.29, 1.82) is 0 Å². The minimum Gasteiger partial charge on any atom is -0.391 e. The van der Waals surface area contributed by atoms with Crippen LogP contribution >= 0.6 is 0 Å². The molecule has 0 fully saturated rings. The van der Waals surface area contributed by atoms with E-state index < -0.39 is 35.9 Å².